The van der Waals surface area contributed by atoms with Crippen molar-refractivity contribution in [2.24, 2.45) is 0 Å². The van der Waals surface area contributed by atoms with Crippen LogP contribution in [-0.2, 0) is 14.3 Å². The molecule has 1 aromatic carbocycles. The van der Waals surface area contributed by atoms with Crippen LogP contribution in [0.4, 0.5) is 4.79 Å². The van der Waals surface area contributed by atoms with Gasteiger partial charge in [-0.05, 0) is 25.1 Å². The van der Waals surface area contributed by atoms with Crippen LogP contribution < -0.4 is 5.32 Å². The van der Waals surface area contributed by atoms with E-state index in [-0.39, 0.29) is 16.3 Å². The van der Waals surface area contributed by atoms with Crippen molar-refractivity contribution >= 4 is 29.6 Å². The molecule has 0 radical (unpaired) electrons. The summed E-state index contributed by atoms with van der Waals surface area (Å²) < 4.78 is 9.03. The van der Waals surface area contributed by atoms with E-state index < -0.39 is 24.1 Å². The fraction of sp³-hybridized carbons (Fsp3) is 0.250. The molecule has 0 aliphatic rings. The molecule has 0 fully saturated rings. The Labute approximate surface area is 119 Å². The number of benzene rings is 1. The zero-order valence-electron chi connectivity index (χ0n) is 10.7. The summed E-state index contributed by atoms with van der Waals surface area (Å²) >= 11 is 5.62. The smallest absolute Gasteiger partial charge is 0.413 e. The van der Waals surface area contributed by atoms with Crippen LogP contribution in [0.2, 0.25) is 5.02 Å². The fourth-order valence-corrected chi connectivity index (χ4v) is 1.37. The SMILES string of the molecule is COC(=O)NC(=O)[C@@H](C)OC(=O)c1ccc(Cl)cc1O. The number of nitrogens with one attached hydrogen (secondary N) is 1. The Kier molecular flexibility index (Phi) is 5.33. The molecule has 0 aromatic heterocycles. The largest absolute Gasteiger partial charge is 0.507 e. The molecule has 0 spiro atoms. The standard InChI is InChI=1S/C12H12ClNO6/c1-6(10(16)14-12(18)19-2)20-11(17)8-4-3-7(13)5-9(8)15/h3-6,15H,1-2H3,(H,14,16,18)/t6-/m1/s1. The van der Waals surface area contributed by atoms with E-state index in [1.54, 1.807) is 0 Å². The number of phenolic OH excluding ortho intramolecular Hbond substituents is 1. The first-order valence-corrected chi connectivity index (χ1v) is 5.81. The molecule has 0 bridgehead atoms. The van der Waals surface area contributed by atoms with Gasteiger partial charge in [-0.1, -0.05) is 11.6 Å². The normalized spacial score (nSPS) is 11.3. The topological polar surface area (TPSA) is 102 Å². The van der Waals surface area contributed by atoms with Gasteiger partial charge in [0.15, 0.2) is 6.10 Å². The van der Waals surface area contributed by atoms with E-state index in [1.165, 1.54) is 19.1 Å². The number of hydrogen-bond acceptors (Lipinski definition) is 6. The molecule has 2 N–H and O–H groups in total. The van der Waals surface area contributed by atoms with Crippen LogP contribution in [-0.4, -0.2) is 36.3 Å². The van der Waals surface area contributed by atoms with Crippen molar-refractivity contribution in [3.8, 4) is 5.75 Å². The summed E-state index contributed by atoms with van der Waals surface area (Å²) in [5, 5.41) is 11.6. The summed E-state index contributed by atoms with van der Waals surface area (Å²) in [6, 6.07) is 3.80. The summed E-state index contributed by atoms with van der Waals surface area (Å²) in [6.07, 6.45) is -2.20. The van der Waals surface area contributed by atoms with E-state index >= 15 is 0 Å². The summed E-state index contributed by atoms with van der Waals surface area (Å²) in [7, 11) is 1.09. The molecule has 1 aromatic rings. The molecule has 1 rings (SSSR count). The predicted octanol–water partition coefficient (Wildman–Crippen LogP) is 1.47. The fourth-order valence-electron chi connectivity index (χ4n) is 1.21. The number of esters is 1. The lowest BCUT2D eigenvalue weighted by Gasteiger charge is -2.12. The minimum absolute atomic E-state index is 0.146. The lowest BCUT2D eigenvalue weighted by Crippen LogP contribution is -2.39. The van der Waals surface area contributed by atoms with Crippen LogP contribution in [0, 0.1) is 0 Å². The number of ether oxygens (including phenoxy) is 2. The first-order chi connectivity index (χ1) is 9.35. The second-order valence-electron chi connectivity index (χ2n) is 3.69. The van der Waals surface area contributed by atoms with E-state index in [0.29, 0.717) is 0 Å². The highest BCUT2D eigenvalue weighted by molar-refractivity contribution is 6.30. The lowest BCUT2D eigenvalue weighted by molar-refractivity contribution is -0.128. The Bertz CT molecular complexity index is 545. The number of rotatable bonds is 3. The molecule has 0 unspecified atom stereocenters. The highest BCUT2D eigenvalue weighted by Crippen LogP contribution is 2.22. The molecule has 8 heteroatoms. The molecule has 108 valence electrons. The minimum atomic E-state index is -1.24. The van der Waals surface area contributed by atoms with Crippen LogP contribution in [0.5, 0.6) is 5.75 Å². The van der Waals surface area contributed by atoms with Crippen LogP contribution in [0.15, 0.2) is 18.2 Å². The van der Waals surface area contributed by atoms with Gasteiger partial charge >= 0.3 is 12.1 Å². The van der Waals surface area contributed by atoms with E-state index in [9.17, 15) is 19.5 Å². The Balaban J connectivity index is 2.70. The number of methoxy groups -OCH3 is 1. The van der Waals surface area contributed by atoms with Crippen molar-refractivity contribution in [3.05, 3.63) is 28.8 Å². The maximum atomic E-state index is 11.7. The quantitative estimate of drug-likeness (QED) is 0.820. The number of imide groups is 1. The summed E-state index contributed by atoms with van der Waals surface area (Å²) in [4.78, 5) is 34.0. The number of amides is 2. The maximum absolute atomic E-state index is 11.7. The third kappa shape index (κ3) is 4.13. The molecule has 1 atom stereocenters. The highest BCUT2D eigenvalue weighted by Gasteiger charge is 2.22. The first kappa shape index (κ1) is 15.8. The molecule has 20 heavy (non-hydrogen) atoms. The van der Waals surface area contributed by atoms with Gasteiger partial charge in [-0.15, -0.1) is 0 Å². The average molecular weight is 302 g/mol. The second kappa shape index (κ2) is 6.76. The third-order valence-corrected chi connectivity index (χ3v) is 2.48. The zero-order chi connectivity index (χ0) is 15.3. The summed E-state index contributed by atoms with van der Waals surface area (Å²) in [6.45, 7) is 1.27. The molecule has 0 saturated carbocycles. The molecule has 2 amide bonds. The Hall–Kier alpha value is -2.28. The predicted molar refractivity (Wildman–Crippen MR) is 68.5 cm³/mol. The number of alkyl carbamates (subject to hydrolysis) is 1. The van der Waals surface area contributed by atoms with Gasteiger partial charge in [0.2, 0.25) is 0 Å². The zero-order valence-corrected chi connectivity index (χ0v) is 11.4. The number of phenols is 1. The summed E-state index contributed by atoms with van der Waals surface area (Å²) in [5.74, 6) is -2.14. The Morgan fingerprint density at radius 3 is 2.55 bits per heavy atom. The number of carbonyl (C=O) groups is 3. The van der Waals surface area contributed by atoms with Gasteiger partial charge in [0, 0.05) is 5.02 Å². The van der Waals surface area contributed by atoms with Gasteiger partial charge in [0.1, 0.15) is 11.3 Å². The van der Waals surface area contributed by atoms with Crippen molar-refractivity contribution in [1.82, 2.24) is 5.32 Å². The van der Waals surface area contributed by atoms with Gasteiger partial charge in [0.25, 0.3) is 5.91 Å². The second-order valence-corrected chi connectivity index (χ2v) is 4.13. The monoisotopic (exact) mass is 301 g/mol. The Morgan fingerprint density at radius 2 is 2.00 bits per heavy atom. The van der Waals surface area contributed by atoms with E-state index in [0.717, 1.165) is 13.2 Å². The lowest BCUT2D eigenvalue weighted by atomic mass is 10.2. The van der Waals surface area contributed by atoms with Crippen molar-refractivity contribution in [1.29, 1.82) is 0 Å². The van der Waals surface area contributed by atoms with Gasteiger partial charge in [-0.2, -0.15) is 0 Å². The molecule has 0 saturated heterocycles. The summed E-state index contributed by atoms with van der Waals surface area (Å²) in [5.41, 5.74) is -0.146. The molecule has 0 aliphatic heterocycles. The van der Waals surface area contributed by atoms with Crippen molar-refractivity contribution < 1.29 is 29.0 Å². The molecular weight excluding hydrogens is 290 g/mol. The van der Waals surface area contributed by atoms with E-state index in [2.05, 4.69) is 4.74 Å². The average Bonchev–Trinajstić information content (AvgIpc) is 2.37. The van der Waals surface area contributed by atoms with Gasteiger partial charge in [-0.3, -0.25) is 10.1 Å². The first-order valence-electron chi connectivity index (χ1n) is 5.43. The Morgan fingerprint density at radius 1 is 1.35 bits per heavy atom. The molecule has 7 nitrogen and oxygen atoms in total. The number of aromatic hydroxyl groups is 1. The molecule has 0 aliphatic carbocycles. The minimum Gasteiger partial charge on any atom is -0.507 e. The van der Waals surface area contributed by atoms with Gasteiger partial charge in [-0.25, -0.2) is 9.59 Å². The number of hydrogen-bond donors (Lipinski definition) is 2. The van der Waals surface area contributed by atoms with Crippen molar-refractivity contribution in [3.63, 3.8) is 0 Å². The van der Waals surface area contributed by atoms with Crippen LogP contribution >= 0.6 is 11.6 Å². The van der Waals surface area contributed by atoms with Crippen LogP contribution in [0.25, 0.3) is 0 Å². The number of halogens is 1. The van der Waals surface area contributed by atoms with E-state index in [4.69, 9.17) is 16.3 Å². The van der Waals surface area contributed by atoms with E-state index in [1.807, 2.05) is 5.32 Å². The van der Waals surface area contributed by atoms with Crippen LogP contribution in [0.1, 0.15) is 17.3 Å². The van der Waals surface area contributed by atoms with Crippen molar-refractivity contribution in [2.45, 2.75) is 13.0 Å². The van der Waals surface area contributed by atoms with Gasteiger partial charge in [0.05, 0.1) is 7.11 Å². The third-order valence-electron chi connectivity index (χ3n) is 2.24. The van der Waals surface area contributed by atoms with Crippen LogP contribution in [0.3, 0.4) is 0 Å². The number of carbonyl (C=O) groups excluding carboxylic acids is 3. The molecular formula is C12H12ClNO6. The maximum Gasteiger partial charge on any atom is 0.413 e. The van der Waals surface area contributed by atoms with Crippen molar-refractivity contribution in [2.75, 3.05) is 7.11 Å². The van der Waals surface area contributed by atoms with Gasteiger partial charge < -0.3 is 14.6 Å². The highest BCUT2D eigenvalue weighted by atomic mass is 35.5. The molecule has 0 heterocycles.